The zero-order valence-corrected chi connectivity index (χ0v) is 8.51. The summed E-state index contributed by atoms with van der Waals surface area (Å²) in [5.74, 6) is -0.984. The molecule has 0 saturated carbocycles. The van der Waals surface area contributed by atoms with Gasteiger partial charge in [0, 0.05) is 6.07 Å². The minimum atomic E-state index is -1.19. The largest absolute Gasteiger partial charge is 0.618 e. The van der Waals surface area contributed by atoms with Crippen molar-refractivity contribution in [3.05, 3.63) is 41.2 Å². The van der Waals surface area contributed by atoms with Gasteiger partial charge in [-0.05, 0) is 6.07 Å². The fraction of sp³-hybridized carbons (Fsp3) is 0.0909. The van der Waals surface area contributed by atoms with Crippen molar-refractivity contribution in [2.24, 2.45) is 0 Å². The smallest absolute Gasteiger partial charge is 0.345 e. The van der Waals surface area contributed by atoms with Gasteiger partial charge in [-0.1, -0.05) is 12.1 Å². The minimum Gasteiger partial charge on any atom is -0.618 e. The van der Waals surface area contributed by atoms with Crippen LogP contribution in [0.3, 0.4) is 0 Å². The van der Waals surface area contributed by atoms with Crippen molar-refractivity contribution in [3.8, 4) is 5.75 Å². The lowest BCUT2D eigenvalue weighted by atomic mass is 10.1. The van der Waals surface area contributed by atoms with Crippen molar-refractivity contribution in [1.29, 1.82) is 0 Å². The molecule has 0 fully saturated rings. The van der Waals surface area contributed by atoms with Crippen LogP contribution in [0.5, 0.6) is 5.75 Å². The molecule has 0 atom stereocenters. The number of carboxylic acids is 1. The molecule has 0 spiro atoms. The van der Waals surface area contributed by atoms with Crippen LogP contribution in [0.25, 0.3) is 10.9 Å². The van der Waals surface area contributed by atoms with Gasteiger partial charge < -0.3 is 15.1 Å². The number of carboxylic acid groups (broad SMARTS) is 1. The fourth-order valence-electron chi connectivity index (χ4n) is 1.62. The van der Waals surface area contributed by atoms with Crippen molar-refractivity contribution >= 4 is 16.9 Å². The van der Waals surface area contributed by atoms with Crippen LogP contribution in [-0.2, 0) is 0 Å². The highest BCUT2D eigenvalue weighted by Gasteiger charge is 2.20. The number of fused-ring (bicyclic) bond motifs is 1. The lowest BCUT2D eigenvalue weighted by molar-refractivity contribution is -0.577. The molecule has 2 aromatic rings. The lowest BCUT2D eigenvalue weighted by Crippen LogP contribution is -2.28. The van der Waals surface area contributed by atoms with E-state index in [-0.39, 0.29) is 11.3 Å². The molecule has 0 radical (unpaired) electrons. The van der Waals surface area contributed by atoms with Gasteiger partial charge in [-0.3, -0.25) is 0 Å². The standard InChI is InChI=1S/C11H9NO4/c1-16-10-7-4-2-3-5-9(7)12(15)6-8(10)11(13)14/h2-6H,1H3,(H,13,14). The predicted molar refractivity (Wildman–Crippen MR) is 56.4 cm³/mol. The number of methoxy groups -OCH3 is 1. The summed E-state index contributed by atoms with van der Waals surface area (Å²) in [6.07, 6.45) is 1.00. The fourth-order valence-corrected chi connectivity index (χ4v) is 1.62. The first-order valence-corrected chi connectivity index (χ1v) is 4.57. The van der Waals surface area contributed by atoms with Crippen molar-refractivity contribution < 1.29 is 19.4 Å². The SMILES string of the molecule is COc1c(C(=O)O)c[n+]([O-])c2ccccc12. The number of hydrogen-bond donors (Lipinski definition) is 1. The van der Waals surface area contributed by atoms with Gasteiger partial charge in [0.25, 0.3) is 0 Å². The monoisotopic (exact) mass is 219 g/mol. The lowest BCUT2D eigenvalue weighted by Gasteiger charge is -2.08. The van der Waals surface area contributed by atoms with E-state index in [1.165, 1.54) is 7.11 Å². The number of aromatic nitrogens is 1. The van der Waals surface area contributed by atoms with E-state index >= 15 is 0 Å². The average Bonchev–Trinajstić information content (AvgIpc) is 2.29. The van der Waals surface area contributed by atoms with Gasteiger partial charge in [0.2, 0.25) is 5.52 Å². The van der Waals surface area contributed by atoms with E-state index < -0.39 is 5.97 Å². The molecule has 1 aromatic carbocycles. The third kappa shape index (κ3) is 1.42. The van der Waals surface area contributed by atoms with Crippen molar-refractivity contribution in [1.82, 2.24) is 0 Å². The molecule has 0 aliphatic carbocycles. The topological polar surface area (TPSA) is 73.5 Å². The summed E-state index contributed by atoms with van der Waals surface area (Å²) in [7, 11) is 1.38. The third-order valence-electron chi connectivity index (χ3n) is 2.31. The number of rotatable bonds is 2. The molecule has 0 saturated heterocycles. The summed E-state index contributed by atoms with van der Waals surface area (Å²) in [5, 5.41) is 21.0. The molecule has 1 heterocycles. The summed E-state index contributed by atoms with van der Waals surface area (Å²) < 4.78 is 5.57. The summed E-state index contributed by atoms with van der Waals surface area (Å²) in [6.45, 7) is 0. The van der Waals surface area contributed by atoms with Gasteiger partial charge in [0.1, 0.15) is 0 Å². The summed E-state index contributed by atoms with van der Waals surface area (Å²) in [5.41, 5.74) is 0.237. The molecule has 0 unspecified atom stereocenters. The predicted octanol–water partition coefficient (Wildman–Crippen LogP) is 1.18. The maximum Gasteiger partial charge on any atom is 0.345 e. The van der Waals surface area contributed by atoms with Crippen LogP contribution in [0.4, 0.5) is 0 Å². The maximum atomic E-state index is 11.6. The Hall–Kier alpha value is -2.30. The molecular formula is C11H9NO4. The first-order valence-electron chi connectivity index (χ1n) is 4.57. The Morgan fingerprint density at radius 1 is 1.44 bits per heavy atom. The summed E-state index contributed by atoms with van der Waals surface area (Å²) in [4.78, 5) is 10.9. The van der Waals surface area contributed by atoms with Gasteiger partial charge in [-0.2, -0.15) is 4.73 Å². The van der Waals surface area contributed by atoms with Crippen LogP contribution in [0.15, 0.2) is 30.5 Å². The molecule has 0 aliphatic heterocycles. The number of para-hydroxylation sites is 1. The van der Waals surface area contributed by atoms with Crippen molar-refractivity contribution in [3.63, 3.8) is 0 Å². The van der Waals surface area contributed by atoms with Gasteiger partial charge in [-0.25, -0.2) is 4.79 Å². The van der Waals surface area contributed by atoms with Crippen molar-refractivity contribution in [2.75, 3.05) is 7.11 Å². The number of pyridine rings is 1. The number of benzene rings is 1. The summed E-state index contributed by atoms with van der Waals surface area (Å²) in [6, 6.07) is 6.68. The van der Waals surface area contributed by atoms with Gasteiger partial charge in [-0.15, -0.1) is 0 Å². The van der Waals surface area contributed by atoms with Crippen LogP contribution in [-0.4, -0.2) is 18.2 Å². The Kier molecular flexibility index (Phi) is 2.36. The second-order valence-corrected chi connectivity index (χ2v) is 3.22. The second-order valence-electron chi connectivity index (χ2n) is 3.22. The highest BCUT2D eigenvalue weighted by atomic mass is 16.5. The molecule has 0 amide bonds. The minimum absolute atomic E-state index is 0.142. The van der Waals surface area contributed by atoms with E-state index in [0.29, 0.717) is 15.6 Å². The first kappa shape index (κ1) is 10.2. The van der Waals surface area contributed by atoms with E-state index in [2.05, 4.69) is 0 Å². The molecule has 0 aliphatic rings. The Morgan fingerprint density at radius 3 is 2.75 bits per heavy atom. The Labute approximate surface area is 91.1 Å². The molecule has 5 heteroatoms. The number of carbonyl (C=O) groups is 1. The van der Waals surface area contributed by atoms with E-state index in [4.69, 9.17) is 9.84 Å². The highest BCUT2D eigenvalue weighted by Crippen LogP contribution is 2.26. The molecule has 1 aromatic heterocycles. The number of hydrogen-bond acceptors (Lipinski definition) is 3. The highest BCUT2D eigenvalue weighted by molar-refractivity contribution is 5.97. The van der Waals surface area contributed by atoms with Gasteiger partial charge in [0.15, 0.2) is 17.5 Å². The van der Waals surface area contributed by atoms with Crippen LogP contribution >= 0.6 is 0 Å². The van der Waals surface area contributed by atoms with Gasteiger partial charge >= 0.3 is 5.97 Å². The van der Waals surface area contributed by atoms with Crippen molar-refractivity contribution in [2.45, 2.75) is 0 Å². The van der Waals surface area contributed by atoms with E-state index in [1.807, 2.05) is 0 Å². The van der Waals surface area contributed by atoms with E-state index in [0.717, 1.165) is 6.20 Å². The first-order chi connectivity index (χ1) is 7.65. The number of nitrogens with zero attached hydrogens (tertiary/aromatic N) is 1. The second kappa shape index (κ2) is 3.69. The molecule has 2 rings (SSSR count). The number of ether oxygens (including phenoxy) is 1. The Balaban J connectivity index is 2.90. The van der Waals surface area contributed by atoms with Crippen LogP contribution < -0.4 is 9.47 Å². The summed E-state index contributed by atoms with van der Waals surface area (Å²) >= 11 is 0. The van der Waals surface area contributed by atoms with Crippen LogP contribution in [0.2, 0.25) is 0 Å². The maximum absolute atomic E-state index is 11.6. The molecular weight excluding hydrogens is 210 g/mol. The van der Waals surface area contributed by atoms with Crippen LogP contribution in [0, 0.1) is 5.21 Å². The van der Waals surface area contributed by atoms with E-state index in [1.54, 1.807) is 24.3 Å². The zero-order chi connectivity index (χ0) is 11.7. The quantitative estimate of drug-likeness (QED) is 0.608. The van der Waals surface area contributed by atoms with Gasteiger partial charge in [0.05, 0.1) is 12.5 Å². The molecule has 5 nitrogen and oxygen atoms in total. The normalized spacial score (nSPS) is 10.3. The average molecular weight is 219 g/mol. The molecule has 1 N–H and O–H groups in total. The zero-order valence-electron chi connectivity index (χ0n) is 8.51. The van der Waals surface area contributed by atoms with E-state index in [9.17, 15) is 10.0 Å². The molecule has 16 heavy (non-hydrogen) atoms. The molecule has 82 valence electrons. The third-order valence-corrected chi connectivity index (χ3v) is 2.31. The van der Waals surface area contributed by atoms with Crippen LogP contribution in [0.1, 0.15) is 10.4 Å². The molecule has 0 bridgehead atoms. The number of aromatic carboxylic acids is 1. The Morgan fingerprint density at radius 2 is 2.12 bits per heavy atom. The Bertz CT molecular complexity index is 565.